The highest BCUT2D eigenvalue weighted by Crippen LogP contribution is 2.18. The molecule has 0 saturated heterocycles. The minimum absolute atomic E-state index is 1.27. The van der Waals surface area contributed by atoms with Crippen LogP contribution in [0.1, 0.15) is 19.4 Å². The maximum absolute atomic E-state index is 6.69. The van der Waals surface area contributed by atoms with Crippen LogP contribution in [0.5, 0.6) is 0 Å². The van der Waals surface area contributed by atoms with E-state index in [0.717, 1.165) is 0 Å². The Bertz CT molecular complexity index is 319. The first-order valence-electron chi connectivity index (χ1n) is 4.75. The summed E-state index contributed by atoms with van der Waals surface area (Å²) in [5.74, 6) is 0. The van der Waals surface area contributed by atoms with E-state index in [0.29, 0.717) is 0 Å². The summed E-state index contributed by atoms with van der Waals surface area (Å²) in [7, 11) is 2.08. The van der Waals surface area contributed by atoms with Crippen molar-refractivity contribution in [1.82, 2.24) is 0 Å². The van der Waals surface area contributed by atoms with E-state index in [-0.39, 0.29) is 0 Å². The number of thiol groups is 1. The van der Waals surface area contributed by atoms with E-state index in [1.54, 1.807) is 0 Å². The Balaban J connectivity index is 0.000000921. The quantitative estimate of drug-likeness (QED) is 0.591. The highest BCUT2D eigenvalue weighted by molar-refractivity contribution is 7.74. The van der Waals surface area contributed by atoms with E-state index >= 15 is 0 Å². The predicted octanol–water partition coefficient (Wildman–Crippen LogP) is 3.74. The summed E-state index contributed by atoms with van der Waals surface area (Å²) in [6.07, 6.45) is 2.14. The van der Waals surface area contributed by atoms with E-state index in [1.165, 1.54) is 16.8 Å². The molecule has 0 unspecified atom stereocenters. The second kappa shape index (κ2) is 7.37. The lowest BCUT2D eigenvalue weighted by Crippen LogP contribution is -2.09. The third-order valence-corrected chi connectivity index (χ3v) is 1.95. The molecule has 3 heteroatoms. The predicted molar refractivity (Wildman–Crippen MR) is 70.6 cm³/mol. The molecule has 0 aliphatic carbocycles. The third kappa shape index (κ3) is 4.91. The summed E-state index contributed by atoms with van der Waals surface area (Å²) in [4.78, 5) is 2.16. The molecular formula is C12H19NOS. The van der Waals surface area contributed by atoms with Crippen molar-refractivity contribution in [1.29, 1.82) is 0 Å². The van der Waals surface area contributed by atoms with Crippen LogP contribution in [0.3, 0.4) is 0 Å². The van der Waals surface area contributed by atoms with Gasteiger partial charge in [0.1, 0.15) is 0 Å². The Labute approximate surface area is 97.9 Å². The summed E-state index contributed by atoms with van der Waals surface area (Å²) >= 11 is 2.53. The maximum atomic E-state index is 6.69. The van der Waals surface area contributed by atoms with Crippen LogP contribution in [0, 0.1) is 6.92 Å². The van der Waals surface area contributed by atoms with Crippen LogP contribution in [-0.2, 0) is 0 Å². The fourth-order valence-corrected chi connectivity index (χ4v) is 1.42. The van der Waals surface area contributed by atoms with E-state index in [2.05, 4.69) is 76.1 Å². The summed E-state index contributed by atoms with van der Waals surface area (Å²) in [6.45, 7) is 6.34. The molecule has 0 saturated carbocycles. The van der Waals surface area contributed by atoms with Crippen LogP contribution in [0.15, 0.2) is 36.0 Å². The monoisotopic (exact) mass is 225 g/mol. The molecule has 0 fully saturated rings. The van der Waals surface area contributed by atoms with Crippen molar-refractivity contribution in [3.05, 3.63) is 41.6 Å². The normalized spacial score (nSPS) is 8.67. The Morgan fingerprint density at radius 2 is 1.80 bits per heavy atom. The topological polar surface area (TPSA) is 23.5 Å². The van der Waals surface area contributed by atoms with Gasteiger partial charge in [-0.25, -0.2) is 0 Å². The molecule has 1 aromatic carbocycles. The molecule has 0 atom stereocenters. The van der Waals surface area contributed by atoms with Gasteiger partial charge in [0.2, 0.25) is 0 Å². The molecule has 0 aliphatic rings. The number of aryl methyl sites for hydroxylation is 1. The van der Waals surface area contributed by atoms with Gasteiger partial charge in [-0.3, -0.25) is 0 Å². The number of rotatable bonds is 2. The molecule has 1 aromatic rings. The van der Waals surface area contributed by atoms with Crippen molar-refractivity contribution in [2.24, 2.45) is 0 Å². The van der Waals surface area contributed by atoms with Crippen LogP contribution in [0.2, 0.25) is 0 Å². The molecular weight excluding hydrogens is 206 g/mol. The smallest absolute Gasteiger partial charge is 0.0433 e. The first kappa shape index (κ1) is 14.1. The molecule has 0 heterocycles. The van der Waals surface area contributed by atoms with Gasteiger partial charge in [0, 0.05) is 18.9 Å². The van der Waals surface area contributed by atoms with E-state index < -0.39 is 0 Å². The zero-order chi connectivity index (χ0) is 11.8. The molecule has 1 N–H and O–H groups in total. The summed E-state index contributed by atoms with van der Waals surface area (Å²) in [5.41, 5.74) is 3.89. The lowest BCUT2D eigenvalue weighted by atomic mass is 10.2. The largest absolute Gasteiger partial charge is 0.351 e. The van der Waals surface area contributed by atoms with Gasteiger partial charge in [-0.1, -0.05) is 23.8 Å². The molecule has 0 radical (unpaired) electrons. The number of nitrogens with zero attached hydrogens (tertiary/aromatic N) is 1. The van der Waals surface area contributed by atoms with Crippen molar-refractivity contribution in [2.45, 2.75) is 20.8 Å². The van der Waals surface area contributed by atoms with Crippen LogP contribution in [-0.4, -0.2) is 11.6 Å². The fraction of sp³-hybridized carbons (Fsp3) is 0.333. The zero-order valence-electron chi connectivity index (χ0n) is 9.73. The lowest BCUT2D eigenvalue weighted by Gasteiger charge is -2.17. The number of benzene rings is 1. The Morgan fingerprint density at radius 3 is 2.27 bits per heavy atom. The van der Waals surface area contributed by atoms with Crippen molar-refractivity contribution in [3.8, 4) is 0 Å². The van der Waals surface area contributed by atoms with Gasteiger partial charge in [-0.2, -0.15) is 0 Å². The van der Waals surface area contributed by atoms with Gasteiger partial charge in [-0.05, 0) is 45.3 Å². The molecule has 0 aliphatic heterocycles. The van der Waals surface area contributed by atoms with Crippen LogP contribution >= 0.6 is 12.9 Å². The minimum Gasteiger partial charge on any atom is -0.351 e. The summed E-state index contributed by atoms with van der Waals surface area (Å²) in [6, 6.07) is 8.40. The molecule has 0 bridgehead atoms. The molecule has 1 rings (SSSR count). The highest BCUT2D eigenvalue weighted by atomic mass is 32.1. The van der Waals surface area contributed by atoms with Crippen molar-refractivity contribution in [3.63, 3.8) is 0 Å². The number of para-hydroxylation sites is 1. The Kier molecular flexibility index (Phi) is 6.92. The number of hydrogen-bond donors (Lipinski definition) is 2. The molecule has 0 amide bonds. The highest BCUT2D eigenvalue weighted by Gasteiger charge is 1.99. The van der Waals surface area contributed by atoms with Gasteiger partial charge in [0.15, 0.2) is 0 Å². The van der Waals surface area contributed by atoms with Crippen LogP contribution in [0.4, 0.5) is 5.69 Å². The average molecular weight is 225 g/mol. The average Bonchev–Trinajstić information content (AvgIpc) is 2.20. The first-order chi connectivity index (χ1) is 7.11. The SMILES string of the molecule is CC(C)=CN(C)c1ccccc1C.OS. The third-order valence-electron chi connectivity index (χ3n) is 1.95. The number of hydrogen-bond acceptors (Lipinski definition) is 3. The first-order valence-corrected chi connectivity index (χ1v) is 5.15. The van der Waals surface area contributed by atoms with Crippen LogP contribution in [0.25, 0.3) is 0 Å². The Morgan fingerprint density at radius 1 is 1.27 bits per heavy atom. The van der Waals surface area contributed by atoms with Gasteiger partial charge in [0.25, 0.3) is 0 Å². The van der Waals surface area contributed by atoms with E-state index in [1.807, 2.05) is 0 Å². The molecule has 15 heavy (non-hydrogen) atoms. The lowest BCUT2D eigenvalue weighted by molar-refractivity contribution is 0.679. The van der Waals surface area contributed by atoms with Gasteiger partial charge < -0.3 is 9.45 Å². The summed E-state index contributed by atoms with van der Waals surface area (Å²) in [5, 5.41) is 0. The van der Waals surface area contributed by atoms with Gasteiger partial charge in [0.05, 0.1) is 0 Å². The Hall–Kier alpha value is -0.930. The van der Waals surface area contributed by atoms with Gasteiger partial charge >= 0.3 is 0 Å². The molecule has 2 nitrogen and oxygen atoms in total. The van der Waals surface area contributed by atoms with E-state index in [9.17, 15) is 0 Å². The molecule has 0 spiro atoms. The number of allylic oxidation sites excluding steroid dienone is 1. The number of anilines is 1. The molecule has 0 aromatic heterocycles. The maximum Gasteiger partial charge on any atom is 0.0433 e. The van der Waals surface area contributed by atoms with Crippen molar-refractivity contribution >= 4 is 18.6 Å². The second-order valence-corrected chi connectivity index (χ2v) is 3.60. The minimum atomic E-state index is 1.27. The standard InChI is InChI=1S/C12H17N.H2OS/c1-10(2)9-13(4)12-8-6-5-7-11(12)3;1-2/h5-9H,1-4H3;1-2H. The second-order valence-electron chi connectivity index (χ2n) is 3.60. The van der Waals surface area contributed by atoms with Gasteiger partial charge in [-0.15, -0.1) is 0 Å². The van der Waals surface area contributed by atoms with Crippen molar-refractivity contribution in [2.75, 3.05) is 11.9 Å². The van der Waals surface area contributed by atoms with E-state index in [4.69, 9.17) is 4.55 Å². The zero-order valence-corrected chi connectivity index (χ0v) is 10.6. The summed E-state index contributed by atoms with van der Waals surface area (Å²) < 4.78 is 6.69. The van der Waals surface area contributed by atoms with Crippen molar-refractivity contribution < 1.29 is 4.55 Å². The molecule has 84 valence electrons. The van der Waals surface area contributed by atoms with Crippen LogP contribution < -0.4 is 4.90 Å². The fourth-order valence-electron chi connectivity index (χ4n) is 1.42.